The molecule has 140 valence electrons. The van der Waals surface area contributed by atoms with Gasteiger partial charge in [0.2, 0.25) is 5.88 Å². The maximum atomic E-state index is 13.4. The zero-order valence-electron chi connectivity index (χ0n) is 15.1. The van der Waals surface area contributed by atoms with Gasteiger partial charge >= 0.3 is 0 Å². The molecule has 2 aromatic heterocycles. The largest absolute Gasteiger partial charge is 0.438 e. The Balaban J connectivity index is 1.56. The number of fused-ring (bicyclic) bond motifs is 1. The summed E-state index contributed by atoms with van der Waals surface area (Å²) in [5.74, 6) is 0.705. The van der Waals surface area contributed by atoms with Crippen molar-refractivity contribution in [3.63, 3.8) is 0 Å². The topological polar surface area (TPSA) is 82.5 Å². The van der Waals surface area contributed by atoms with Crippen LogP contribution in [0.25, 0.3) is 5.65 Å². The van der Waals surface area contributed by atoms with Crippen molar-refractivity contribution < 1.29 is 13.9 Å². The van der Waals surface area contributed by atoms with E-state index in [0.29, 0.717) is 28.7 Å². The molecule has 0 aliphatic rings. The number of hydrogen-bond acceptors (Lipinski definition) is 5. The van der Waals surface area contributed by atoms with E-state index in [1.54, 1.807) is 36.5 Å². The van der Waals surface area contributed by atoms with Crippen LogP contribution < -0.4 is 10.5 Å². The second-order valence-electron chi connectivity index (χ2n) is 6.44. The van der Waals surface area contributed by atoms with Gasteiger partial charge < -0.3 is 10.5 Å². The molecule has 0 amide bonds. The fraction of sp³-hybridized carbons (Fsp3) is 0.0952. The first-order chi connectivity index (χ1) is 13.5. The number of nitrogen functional groups attached to an aromatic ring is 1. The van der Waals surface area contributed by atoms with E-state index >= 15 is 0 Å². The zero-order valence-corrected chi connectivity index (χ0v) is 15.1. The van der Waals surface area contributed by atoms with Crippen LogP contribution in [0.4, 0.5) is 10.2 Å². The quantitative estimate of drug-likeness (QED) is 0.533. The van der Waals surface area contributed by atoms with Crippen molar-refractivity contribution in [1.29, 1.82) is 0 Å². The number of Topliss-reactive ketones (excluding diaryl/α,β-unsaturated/α-hetero) is 1. The van der Waals surface area contributed by atoms with Crippen LogP contribution in [0.3, 0.4) is 0 Å². The molecule has 6 nitrogen and oxygen atoms in total. The average Bonchev–Trinajstić information content (AvgIpc) is 3.03. The molecule has 28 heavy (non-hydrogen) atoms. The summed E-state index contributed by atoms with van der Waals surface area (Å²) >= 11 is 0. The number of nitrogens with zero attached hydrogens (tertiary/aromatic N) is 3. The van der Waals surface area contributed by atoms with Crippen molar-refractivity contribution >= 4 is 17.2 Å². The molecule has 2 heterocycles. The molecule has 0 aliphatic heterocycles. The molecule has 0 aliphatic carbocycles. The Kier molecular flexibility index (Phi) is 4.49. The van der Waals surface area contributed by atoms with Crippen LogP contribution >= 0.6 is 0 Å². The van der Waals surface area contributed by atoms with Crippen LogP contribution in [0.15, 0.2) is 60.8 Å². The number of anilines is 1. The highest BCUT2D eigenvalue weighted by Crippen LogP contribution is 2.24. The predicted octanol–water partition coefficient (Wildman–Crippen LogP) is 3.98. The number of imidazole rings is 1. The summed E-state index contributed by atoms with van der Waals surface area (Å²) in [7, 11) is 0. The van der Waals surface area contributed by atoms with Gasteiger partial charge in [-0.05, 0) is 48.4 Å². The van der Waals surface area contributed by atoms with E-state index in [2.05, 4.69) is 10.1 Å². The lowest BCUT2D eigenvalue weighted by atomic mass is 9.99. The molecule has 0 unspecified atom stereocenters. The zero-order chi connectivity index (χ0) is 19.7. The van der Waals surface area contributed by atoms with E-state index in [1.807, 2.05) is 13.0 Å². The van der Waals surface area contributed by atoms with Gasteiger partial charge in [-0.15, -0.1) is 5.10 Å². The van der Waals surface area contributed by atoms with Gasteiger partial charge in [-0.2, -0.15) is 0 Å². The molecule has 0 fully saturated rings. The number of carbonyl (C=O) groups is 1. The number of aryl methyl sites for hydroxylation is 1. The number of benzene rings is 2. The molecule has 0 saturated heterocycles. The number of carbonyl (C=O) groups excluding carboxylic acids is 1. The molecule has 7 heteroatoms. The van der Waals surface area contributed by atoms with Crippen molar-refractivity contribution in [2.24, 2.45) is 0 Å². The van der Waals surface area contributed by atoms with Gasteiger partial charge in [0.1, 0.15) is 17.4 Å². The van der Waals surface area contributed by atoms with Gasteiger partial charge in [0, 0.05) is 18.1 Å². The molecule has 0 spiro atoms. The van der Waals surface area contributed by atoms with E-state index in [9.17, 15) is 9.18 Å². The maximum Gasteiger partial charge on any atom is 0.237 e. The van der Waals surface area contributed by atoms with Crippen LogP contribution in [-0.4, -0.2) is 20.4 Å². The third-order valence-corrected chi connectivity index (χ3v) is 4.35. The summed E-state index contributed by atoms with van der Waals surface area (Å²) in [6.07, 6.45) is 1.75. The van der Waals surface area contributed by atoms with Crippen LogP contribution in [-0.2, 0) is 6.42 Å². The Morgan fingerprint density at radius 1 is 1.18 bits per heavy atom. The lowest BCUT2D eigenvalue weighted by Crippen LogP contribution is -2.05. The summed E-state index contributed by atoms with van der Waals surface area (Å²) in [6, 6.07) is 14.6. The minimum Gasteiger partial charge on any atom is -0.438 e. The third kappa shape index (κ3) is 3.68. The fourth-order valence-electron chi connectivity index (χ4n) is 2.90. The molecular weight excluding hydrogens is 359 g/mol. The highest BCUT2D eigenvalue weighted by atomic mass is 19.1. The van der Waals surface area contributed by atoms with Crippen molar-refractivity contribution in [2.75, 3.05) is 5.73 Å². The predicted molar refractivity (Wildman–Crippen MR) is 103 cm³/mol. The van der Waals surface area contributed by atoms with Gasteiger partial charge in [0.15, 0.2) is 11.4 Å². The first-order valence-electron chi connectivity index (χ1n) is 8.66. The summed E-state index contributed by atoms with van der Waals surface area (Å²) in [5, 5.41) is 4.30. The SMILES string of the molecule is Cc1ccc(Oc2ccc3nc(N)cn3n2)cc1CC(=O)c1cccc(F)c1. The van der Waals surface area contributed by atoms with E-state index < -0.39 is 5.82 Å². The summed E-state index contributed by atoms with van der Waals surface area (Å²) in [4.78, 5) is 16.6. The Bertz CT molecular complexity index is 1190. The first kappa shape index (κ1) is 17.7. The van der Waals surface area contributed by atoms with Crippen molar-refractivity contribution in [3.05, 3.63) is 83.3 Å². The van der Waals surface area contributed by atoms with Crippen LogP contribution in [0.5, 0.6) is 11.6 Å². The van der Waals surface area contributed by atoms with E-state index in [-0.39, 0.29) is 12.2 Å². The fourth-order valence-corrected chi connectivity index (χ4v) is 2.90. The number of aromatic nitrogens is 3. The number of ketones is 1. The molecular formula is C21H17FN4O2. The van der Waals surface area contributed by atoms with Gasteiger partial charge in [0.05, 0.1) is 6.20 Å². The molecule has 4 aromatic rings. The molecule has 0 atom stereocenters. The van der Waals surface area contributed by atoms with Crippen molar-refractivity contribution in [2.45, 2.75) is 13.3 Å². The Labute approximate surface area is 160 Å². The Hall–Kier alpha value is -3.74. The van der Waals surface area contributed by atoms with Crippen LogP contribution in [0.1, 0.15) is 21.5 Å². The van der Waals surface area contributed by atoms with E-state index in [0.717, 1.165) is 11.1 Å². The van der Waals surface area contributed by atoms with E-state index in [4.69, 9.17) is 10.5 Å². The molecule has 2 aromatic carbocycles. The molecule has 2 N–H and O–H groups in total. The van der Waals surface area contributed by atoms with Crippen LogP contribution in [0.2, 0.25) is 0 Å². The first-order valence-corrected chi connectivity index (χ1v) is 8.66. The van der Waals surface area contributed by atoms with Gasteiger partial charge in [0.25, 0.3) is 0 Å². The van der Waals surface area contributed by atoms with E-state index in [1.165, 1.54) is 22.7 Å². The summed E-state index contributed by atoms with van der Waals surface area (Å²) < 4.78 is 20.7. The van der Waals surface area contributed by atoms with Crippen molar-refractivity contribution in [3.8, 4) is 11.6 Å². The highest BCUT2D eigenvalue weighted by Gasteiger charge is 2.12. The normalized spacial score (nSPS) is 10.9. The lowest BCUT2D eigenvalue weighted by molar-refractivity contribution is 0.0992. The average molecular weight is 376 g/mol. The maximum absolute atomic E-state index is 13.4. The second-order valence-corrected chi connectivity index (χ2v) is 6.44. The molecule has 0 saturated carbocycles. The second kappa shape index (κ2) is 7.11. The minimum absolute atomic E-state index is 0.150. The number of hydrogen-bond donors (Lipinski definition) is 1. The Morgan fingerprint density at radius 3 is 2.86 bits per heavy atom. The summed E-state index contributed by atoms with van der Waals surface area (Å²) in [5.41, 5.74) is 8.38. The number of ether oxygens (including phenoxy) is 1. The lowest BCUT2D eigenvalue weighted by Gasteiger charge is -2.10. The third-order valence-electron chi connectivity index (χ3n) is 4.35. The Morgan fingerprint density at radius 2 is 2.04 bits per heavy atom. The monoisotopic (exact) mass is 376 g/mol. The van der Waals surface area contributed by atoms with Crippen molar-refractivity contribution in [1.82, 2.24) is 14.6 Å². The smallest absolute Gasteiger partial charge is 0.237 e. The van der Waals surface area contributed by atoms with Gasteiger partial charge in [-0.25, -0.2) is 13.9 Å². The number of nitrogens with two attached hydrogens (primary N) is 1. The van der Waals surface area contributed by atoms with Gasteiger partial charge in [-0.1, -0.05) is 18.2 Å². The standard InChI is InChI=1S/C21H17FN4O2/c1-13-5-6-17(28-21-8-7-20-24-19(23)12-26(20)25-21)10-15(13)11-18(27)14-3-2-4-16(22)9-14/h2-10,12H,11,23H2,1H3. The highest BCUT2D eigenvalue weighted by molar-refractivity contribution is 5.97. The number of halogens is 1. The minimum atomic E-state index is -0.429. The molecule has 0 bridgehead atoms. The molecule has 4 rings (SSSR count). The van der Waals surface area contributed by atoms with Gasteiger partial charge in [-0.3, -0.25) is 4.79 Å². The molecule has 0 radical (unpaired) electrons. The van der Waals surface area contributed by atoms with Crippen LogP contribution in [0, 0.1) is 12.7 Å². The summed E-state index contributed by atoms with van der Waals surface area (Å²) in [6.45, 7) is 1.91. The number of rotatable bonds is 5.